The second-order valence-corrected chi connectivity index (χ2v) is 15.6. The number of imidazole rings is 2. The molecule has 2 bridgehead atoms. The van der Waals surface area contributed by atoms with E-state index >= 15 is 0 Å². The maximum Gasteiger partial charge on any atom is 0.407 e. The molecule has 2 aliphatic carbocycles. The molecule has 5 atom stereocenters. The third-order valence-electron chi connectivity index (χ3n) is 12.0. The van der Waals surface area contributed by atoms with Crippen LogP contribution in [0.3, 0.4) is 0 Å². The van der Waals surface area contributed by atoms with E-state index in [9.17, 15) is 9.59 Å². The Morgan fingerprint density at radius 3 is 2.22 bits per heavy atom. The van der Waals surface area contributed by atoms with Crippen LogP contribution in [-0.2, 0) is 9.53 Å². The van der Waals surface area contributed by atoms with E-state index in [1.54, 1.807) is 0 Å². The van der Waals surface area contributed by atoms with E-state index in [2.05, 4.69) is 81.3 Å². The van der Waals surface area contributed by atoms with Crippen molar-refractivity contribution in [3.63, 3.8) is 0 Å². The minimum atomic E-state index is -0.656. The van der Waals surface area contributed by atoms with Crippen LogP contribution in [0, 0.1) is 17.3 Å². The smallest absolute Gasteiger partial charge is 0.407 e. The summed E-state index contributed by atoms with van der Waals surface area (Å²) in [5, 5.41) is 8.82. The van der Waals surface area contributed by atoms with E-state index in [0.717, 1.165) is 71.1 Å². The number of hydrogen-bond acceptors (Lipinski definition) is 6. The van der Waals surface area contributed by atoms with Crippen molar-refractivity contribution < 1.29 is 14.3 Å². The first kappa shape index (κ1) is 32.0. The molecule has 4 fully saturated rings. The fraction of sp³-hybridized carbons (Fsp3) is 0.415. The number of nitrogens with one attached hydrogen (secondary N) is 4. The van der Waals surface area contributed by atoms with E-state index in [1.807, 2.05) is 31.1 Å². The van der Waals surface area contributed by atoms with Crippen molar-refractivity contribution in [1.29, 1.82) is 0 Å². The number of likely N-dealkylation sites (tertiary alicyclic amines) is 1. The summed E-state index contributed by atoms with van der Waals surface area (Å²) in [5.41, 5.74) is 7.00. The molecule has 4 heterocycles. The molecule has 2 amide bonds. The number of carbonyl (C=O) groups excluding carboxylic acids is 2. The fourth-order valence-electron chi connectivity index (χ4n) is 8.91. The van der Waals surface area contributed by atoms with Gasteiger partial charge in [-0.1, -0.05) is 62.4 Å². The topological polar surface area (TPSA) is 128 Å². The highest BCUT2D eigenvalue weighted by atomic mass is 16.5. The number of carbonyl (C=O) groups is 2. The Hall–Kier alpha value is -4.96. The van der Waals surface area contributed by atoms with Crippen LogP contribution in [0.25, 0.3) is 44.4 Å². The van der Waals surface area contributed by atoms with Gasteiger partial charge < -0.3 is 30.2 Å². The summed E-state index contributed by atoms with van der Waals surface area (Å²) >= 11 is 0. The molecule has 262 valence electrons. The number of methoxy groups -OCH3 is 1. The number of fused-ring (bicyclic) bond motifs is 3. The number of benzene rings is 3. The molecular formula is C41H45N7O3. The highest BCUT2D eigenvalue weighted by Crippen LogP contribution is 2.54. The third-order valence-corrected chi connectivity index (χ3v) is 12.0. The van der Waals surface area contributed by atoms with Crippen molar-refractivity contribution in [3.8, 4) is 33.6 Å². The quantitative estimate of drug-likeness (QED) is 0.134. The molecule has 10 nitrogen and oxygen atoms in total. The highest BCUT2D eigenvalue weighted by Gasteiger charge is 2.52. The lowest BCUT2D eigenvalue weighted by Gasteiger charge is -2.37. The van der Waals surface area contributed by atoms with Gasteiger partial charge in [0.05, 0.1) is 43.0 Å². The van der Waals surface area contributed by atoms with Gasteiger partial charge in [-0.05, 0) is 95.4 Å². The number of H-pyrrole nitrogens is 2. The van der Waals surface area contributed by atoms with Gasteiger partial charge >= 0.3 is 6.09 Å². The van der Waals surface area contributed by atoms with Gasteiger partial charge in [0.25, 0.3) is 0 Å². The zero-order valence-electron chi connectivity index (χ0n) is 29.4. The highest BCUT2D eigenvalue weighted by molar-refractivity contribution is 5.91. The van der Waals surface area contributed by atoms with E-state index < -0.39 is 12.1 Å². The Morgan fingerprint density at radius 2 is 1.51 bits per heavy atom. The Balaban J connectivity index is 0.906. The van der Waals surface area contributed by atoms with Gasteiger partial charge in [0, 0.05) is 18.2 Å². The van der Waals surface area contributed by atoms with Crippen LogP contribution in [0.5, 0.6) is 0 Å². The van der Waals surface area contributed by atoms with E-state index in [1.165, 1.54) is 37.1 Å². The molecule has 0 unspecified atom stereocenters. The molecule has 2 aromatic heterocycles. The summed E-state index contributed by atoms with van der Waals surface area (Å²) in [6, 6.07) is 21.5. The summed E-state index contributed by atoms with van der Waals surface area (Å²) in [6.07, 6.45) is 10.1. The average Bonchev–Trinajstić information content (AvgIpc) is 3.79. The minimum Gasteiger partial charge on any atom is -0.453 e. The molecule has 9 rings (SSSR count). The average molecular weight is 684 g/mol. The second kappa shape index (κ2) is 12.4. The lowest BCUT2D eigenvalue weighted by Crippen LogP contribution is -2.54. The number of rotatable bonds is 8. The van der Waals surface area contributed by atoms with Crippen LogP contribution in [-0.4, -0.2) is 62.6 Å². The predicted molar refractivity (Wildman–Crippen MR) is 196 cm³/mol. The van der Waals surface area contributed by atoms with Crippen molar-refractivity contribution in [2.75, 3.05) is 13.7 Å². The molecule has 4 aliphatic rings. The SMILES string of the molecule is COC(=O)N[C@H](C(=O)N1[C@@H]2CC[C@H](C2)[C@H]1c1ncc(-c2ccc(-c3ccc4cc(-c5cnc([C@@H]6CC7(CC7)CN6)[nH]5)ccc4c3)cc2)[nH]1)C(C)C. The van der Waals surface area contributed by atoms with Crippen molar-refractivity contribution in [3.05, 3.63) is 84.7 Å². The van der Waals surface area contributed by atoms with E-state index in [4.69, 9.17) is 14.7 Å². The molecule has 10 heteroatoms. The zero-order chi connectivity index (χ0) is 34.9. The van der Waals surface area contributed by atoms with Gasteiger partial charge in [-0.25, -0.2) is 14.8 Å². The largest absolute Gasteiger partial charge is 0.453 e. The van der Waals surface area contributed by atoms with E-state index in [-0.39, 0.29) is 23.9 Å². The molecular weight excluding hydrogens is 638 g/mol. The summed E-state index contributed by atoms with van der Waals surface area (Å²) in [5.74, 6) is 2.05. The summed E-state index contributed by atoms with van der Waals surface area (Å²) in [4.78, 5) is 44.6. The van der Waals surface area contributed by atoms with Crippen LogP contribution in [0.2, 0.25) is 0 Å². The van der Waals surface area contributed by atoms with Gasteiger partial charge in [0.15, 0.2) is 0 Å². The van der Waals surface area contributed by atoms with Gasteiger partial charge in [0.2, 0.25) is 5.91 Å². The summed E-state index contributed by atoms with van der Waals surface area (Å²) in [6.45, 7) is 5.00. The zero-order valence-corrected chi connectivity index (χ0v) is 29.4. The number of nitrogens with zero attached hydrogens (tertiary/aromatic N) is 3. The third kappa shape index (κ3) is 5.79. The first-order chi connectivity index (χ1) is 24.8. The van der Waals surface area contributed by atoms with Crippen LogP contribution >= 0.6 is 0 Å². The molecule has 2 saturated carbocycles. The normalized spacial score (nSPS) is 23.7. The Labute approximate surface area is 297 Å². The molecule has 4 N–H and O–H groups in total. The summed E-state index contributed by atoms with van der Waals surface area (Å²) < 4.78 is 4.82. The minimum absolute atomic E-state index is 0.0694. The van der Waals surface area contributed by atoms with Crippen LogP contribution in [0.4, 0.5) is 4.79 Å². The summed E-state index contributed by atoms with van der Waals surface area (Å²) in [7, 11) is 1.32. The number of amides is 2. The molecule has 2 saturated heterocycles. The van der Waals surface area contributed by atoms with Gasteiger partial charge in [0.1, 0.15) is 17.7 Å². The number of piperidine rings is 1. The standard InChI is InChI=1S/C41H45N7O3/c1-23(2)35(47-40(50)51-3)39(49)48-31-13-12-30(18-31)36(48)38-43-20-33(46-38)25-6-4-24(5-7-25)26-8-9-28-17-29(11-10-27(28)16-26)34-21-42-37(45-34)32-19-41(14-15-41)22-44-32/h4-11,16-17,20-21,23,30-32,35-36,44H,12-15,18-19,22H2,1-3H3,(H,42,45)(H,43,46)(H,47,50)/t30-,31-,32+,35+,36+/m1/s1. The Morgan fingerprint density at radius 1 is 0.863 bits per heavy atom. The number of aromatic amines is 2. The van der Waals surface area contributed by atoms with Crippen molar-refractivity contribution >= 4 is 22.8 Å². The van der Waals surface area contributed by atoms with E-state index in [0.29, 0.717) is 17.4 Å². The second-order valence-electron chi connectivity index (χ2n) is 15.6. The fourth-order valence-corrected chi connectivity index (χ4v) is 8.91. The Kier molecular flexibility index (Phi) is 7.76. The molecule has 1 spiro atoms. The number of hydrogen-bond donors (Lipinski definition) is 4. The van der Waals surface area contributed by atoms with Gasteiger partial charge in [-0.15, -0.1) is 0 Å². The number of aromatic nitrogens is 4. The Bertz CT molecular complexity index is 2110. The first-order valence-electron chi connectivity index (χ1n) is 18.4. The van der Waals surface area contributed by atoms with Crippen LogP contribution in [0.1, 0.15) is 76.1 Å². The number of ether oxygens (including phenoxy) is 1. The first-order valence-corrected chi connectivity index (χ1v) is 18.4. The molecule has 51 heavy (non-hydrogen) atoms. The molecule has 0 radical (unpaired) electrons. The van der Waals surface area contributed by atoms with Crippen molar-refractivity contribution in [2.45, 2.75) is 76.5 Å². The number of alkyl carbamates (subject to hydrolysis) is 1. The molecule has 5 aromatic rings. The van der Waals surface area contributed by atoms with Crippen molar-refractivity contribution in [2.24, 2.45) is 17.3 Å². The maximum atomic E-state index is 13.9. The van der Waals surface area contributed by atoms with Gasteiger partial charge in [-0.3, -0.25) is 4.79 Å². The lowest BCUT2D eigenvalue weighted by molar-refractivity contribution is -0.139. The predicted octanol–water partition coefficient (Wildman–Crippen LogP) is 7.53. The molecule has 2 aliphatic heterocycles. The van der Waals surface area contributed by atoms with Crippen LogP contribution in [0.15, 0.2) is 73.1 Å². The molecule has 3 aromatic carbocycles. The monoisotopic (exact) mass is 683 g/mol. The maximum absolute atomic E-state index is 13.9. The lowest BCUT2D eigenvalue weighted by atomic mass is 9.95. The van der Waals surface area contributed by atoms with Crippen LogP contribution < -0.4 is 10.6 Å². The van der Waals surface area contributed by atoms with Crippen molar-refractivity contribution in [1.82, 2.24) is 35.5 Å². The van der Waals surface area contributed by atoms with Gasteiger partial charge in [-0.2, -0.15) is 0 Å².